The minimum absolute atomic E-state index is 0. The number of nitrogens with zero attached hydrogens (tertiary/aromatic N) is 3. The Labute approximate surface area is 167 Å². The Morgan fingerprint density at radius 2 is 2.12 bits per heavy atom. The van der Waals surface area contributed by atoms with E-state index in [-0.39, 0.29) is 44.5 Å². The predicted molar refractivity (Wildman–Crippen MR) is 87.3 cm³/mol. The number of nitrogens with one attached hydrogen (secondary N) is 1. The van der Waals surface area contributed by atoms with Gasteiger partial charge in [0, 0.05) is 38.9 Å². The van der Waals surface area contributed by atoms with Gasteiger partial charge in [0.1, 0.15) is 0 Å². The second kappa shape index (κ2) is 9.59. The Kier molecular flexibility index (Phi) is 8.15. The Hall–Kier alpha value is -1.66. The van der Waals surface area contributed by atoms with Gasteiger partial charge in [-0.15, -0.1) is 0 Å². The van der Waals surface area contributed by atoms with Crippen molar-refractivity contribution in [2.24, 2.45) is 0 Å². The van der Waals surface area contributed by atoms with Crippen LogP contribution in [0.5, 0.6) is 0 Å². The fourth-order valence-electron chi connectivity index (χ4n) is 2.46. The predicted octanol–water partition coefficient (Wildman–Crippen LogP) is 1.84. The molecule has 2 aromatic rings. The average molecular weight is 401 g/mol. The van der Waals surface area contributed by atoms with E-state index in [0.717, 1.165) is 5.52 Å². The average Bonchev–Trinajstić information content (AvgIpc) is 3.24. The molecule has 0 aliphatic carbocycles. The smallest absolute Gasteiger partial charge is 0.255 e. The second-order valence-corrected chi connectivity index (χ2v) is 4.80. The molecule has 125 valence electrons. The summed E-state index contributed by atoms with van der Waals surface area (Å²) in [6.45, 7) is 8.20. The van der Waals surface area contributed by atoms with Gasteiger partial charge in [0.05, 0.1) is 17.3 Å². The molecule has 3 rings (SSSR count). The van der Waals surface area contributed by atoms with Gasteiger partial charge in [0.2, 0.25) is 0 Å². The van der Waals surface area contributed by atoms with Crippen LogP contribution in [0, 0.1) is 12.1 Å². The van der Waals surface area contributed by atoms with E-state index < -0.39 is 0 Å². The van der Waals surface area contributed by atoms with Gasteiger partial charge in [-0.3, -0.25) is 4.79 Å². The molecule has 1 fully saturated rings. The summed E-state index contributed by atoms with van der Waals surface area (Å²) in [6.07, 6.45) is 6.28. The van der Waals surface area contributed by atoms with Crippen molar-refractivity contribution in [3.8, 4) is 0 Å². The van der Waals surface area contributed by atoms with Crippen LogP contribution in [-0.4, -0.2) is 39.4 Å². The van der Waals surface area contributed by atoms with Crippen molar-refractivity contribution in [1.82, 2.24) is 19.8 Å². The van der Waals surface area contributed by atoms with Crippen LogP contribution in [0.25, 0.3) is 5.52 Å². The molecule has 0 spiro atoms. The molecule has 1 saturated heterocycles. The van der Waals surface area contributed by atoms with Crippen molar-refractivity contribution in [3.63, 3.8) is 0 Å². The number of aromatic nitrogens is 2. The van der Waals surface area contributed by atoms with Crippen LogP contribution in [-0.2, 0) is 37.5 Å². The number of rotatable bonds is 3. The number of hydrogen-bond acceptors (Lipinski definition) is 3. The van der Waals surface area contributed by atoms with E-state index in [1.807, 2.05) is 32.0 Å². The van der Waals surface area contributed by atoms with Gasteiger partial charge in [-0.25, -0.2) is 4.52 Å². The third kappa shape index (κ3) is 4.25. The first-order valence-electron chi connectivity index (χ1n) is 7.59. The topological polar surface area (TPSA) is 66.7 Å². The van der Waals surface area contributed by atoms with Gasteiger partial charge in [-0.2, -0.15) is 24.3 Å². The maximum atomic E-state index is 12.5. The van der Waals surface area contributed by atoms with E-state index in [0.29, 0.717) is 31.0 Å². The van der Waals surface area contributed by atoms with Crippen LogP contribution >= 0.6 is 0 Å². The summed E-state index contributed by atoms with van der Waals surface area (Å²) in [5.41, 5.74) is 1.31. The van der Waals surface area contributed by atoms with Gasteiger partial charge in [-0.05, 0) is 18.7 Å². The van der Waals surface area contributed by atoms with Crippen molar-refractivity contribution >= 4 is 17.3 Å². The Bertz CT molecular complexity index is 713. The zero-order valence-corrected chi connectivity index (χ0v) is 16.8. The van der Waals surface area contributed by atoms with Crippen molar-refractivity contribution < 1.29 is 42.3 Å². The van der Waals surface area contributed by atoms with Crippen LogP contribution in [0.1, 0.15) is 30.6 Å². The largest absolute Gasteiger partial charge is 0.521 e. The number of fused-ring (bicyclic) bond motifs is 1. The van der Waals surface area contributed by atoms with Crippen LogP contribution in [0.15, 0.2) is 37.2 Å². The number of carbonyl (C=O) groups excluding carboxylic acids is 2. The summed E-state index contributed by atoms with van der Waals surface area (Å²) in [6, 6.07) is 5.56. The third-order valence-corrected chi connectivity index (χ3v) is 3.53. The first kappa shape index (κ1) is 20.4. The molecular weight excluding hydrogens is 381 g/mol. The monoisotopic (exact) mass is 401 g/mol. The number of likely N-dealkylation sites (tertiary alicyclic amines) is 1. The zero-order chi connectivity index (χ0) is 16.8. The molecule has 0 atom stereocenters. The fraction of sp³-hybridized carbons (Fsp3) is 0.294. The summed E-state index contributed by atoms with van der Waals surface area (Å²) < 4.78 is 1.66. The van der Waals surface area contributed by atoms with E-state index in [1.165, 1.54) is 0 Å². The van der Waals surface area contributed by atoms with Crippen LogP contribution < -0.4 is 5.32 Å². The molecule has 24 heavy (non-hydrogen) atoms. The molecule has 0 unspecified atom stereocenters. The molecule has 7 heteroatoms. The van der Waals surface area contributed by atoms with Gasteiger partial charge >= 0.3 is 0 Å². The van der Waals surface area contributed by atoms with Crippen LogP contribution in [0.4, 0.5) is 0 Å². The summed E-state index contributed by atoms with van der Waals surface area (Å²) in [4.78, 5) is 25.9. The maximum absolute atomic E-state index is 12.5. The summed E-state index contributed by atoms with van der Waals surface area (Å²) in [7, 11) is 0. The summed E-state index contributed by atoms with van der Waals surface area (Å²) in [5, 5.41) is 6.58. The molecule has 1 radical (unpaired) electrons. The SMILES string of the molecule is C=[C-]NC(=O)[C-]1CCN(C(=O)c2cnn3ccccc23)C1.CC.[Y]. The summed E-state index contributed by atoms with van der Waals surface area (Å²) >= 11 is 0. The quantitative estimate of drug-likeness (QED) is 0.631. The standard InChI is InChI=1S/C15H14N4O2.C2H6.Y/c1-2-16-14(20)11-6-8-18(10-11)15(21)12-9-17-19-7-4-3-5-13(12)19;1-2;/h3-5,7,9H,1,6,8,10H2,(H,16,20);1-2H3;/q-2;;. The number of carbonyl (C=O) groups is 2. The number of amides is 2. The third-order valence-electron chi connectivity index (χ3n) is 3.53. The minimum Gasteiger partial charge on any atom is -0.521 e. The molecule has 3 heterocycles. The van der Waals surface area contributed by atoms with Gasteiger partial charge < -0.3 is 20.9 Å². The van der Waals surface area contributed by atoms with Gasteiger partial charge in [0.15, 0.2) is 0 Å². The number of pyridine rings is 1. The van der Waals surface area contributed by atoms with Crippen molar-refractivity contribution in [3.05, 3.63) is 54.9 Å². The normalized spacial score (nSPS) is 12.9. The minimum atomic E-state index is -0.222. The van der Waals surface area contributed by atoms with E-state index in [9.17, 15) is 9.59 Å². The first-order valence-corrected chi connectivity index (χ1v) is 7.59. The zero-order valence-electron chi connectivity index (χ0n) is 14.0. The molecular formula is C17H20N4O2Y-2. The van der Waals surface area contributed by atoms with Crippen LogP contribution in [0.2, 0.25) is 0 Å². The van der Waals surface area contributed by atoms with Crippen molar-refractivity contribution in [2.45, 2.75) is 20.3 Å². The molecule has 1 N–H and O–H groups in total. The van der Waals surface area contributed by atoms with Crippen LogP contribution in [0.3, 0.4) is 0 Å². The molecule has 1 aliphatic heterocycles. The first-order chi connectivity index (χ1) is 11.2. The van der Waals surface area contributed by atoms with E-state index in [4.69, 9.17) is 0 Å². The molecule has 1 aliphatic rings. The Morgan fingerprint density at radius 3 is 2.83 bits per heavy atom. The second-order valence-electron chi connectivity index (χ2n) is 4.80. The van der Waals surface area contributed by atoms with Gasteiger partial charge in [0.25, 0.3) is 5.91 Å². The van der Waals surface area contributed by atoms with E-state index >= 15 is 0 Å². The fourth-order valence-corrected chi connectivity index (χ4v) is 2.46. The van der Waals surface area contributed by atoms with E-state index in [1.54, 1.807) is 21.8 Å². The van der Waals surface area contributed by atoms with E-state index in [2.05, 4.69) is 23.2 Å². The van der Waals surface area contributed by atoms with Crippen molar-refractivity contribution in [2.75, 3.05) is 13.1 Å². The molecule has 0 aromatic carbocycles. The molecule has 2 amide bonds. The molecule has 0 saturated carbocycles. The Morgan fingerprint density at radius 1 is 1.38 bits per heavy atom. The van der Waals surface area contributed by atoms with Crippen molar-refractivity contribution in [1.29, 1.82) is 0 Å². The number of hydrogen-bond donors (Lipinski definition) is 1. The Balaban J connectivity index is 0.000000925. The molecule has 6 nitrogen and oxygen atoms in total. The maximum Gasteiger partial charge on any atom is 0.255 e. The molecule has 0 bridgehead atoms. The van der Waals surface area contributed by atoms with Gasteiger partial charge in [-0.1, -0.05) is 32.4 Å². The summed E-state index contributed by atoms with van der Waals surface area (Å²) in [5.74, 6) is 0.331. The molecule has 2 aromatic heterocycles.